The minimum Gasteiger partial charge on any atom is -0.417 e. The van der Waals surface area contributed by atoms with Crippen molar-refractivity contribution in [2.45, 2.75) is 84.7 Å². The summed E-state index contributed by atoms with van der Waals surface area (Å²) in [5, 5.41) is 0. The summed E-state index contributed by atoms with van der Waals surface area (Å²) in [4.78, 5) is 14.0. The van der Waals surface area contributed by atoms with E-state index in [1.54, 1.807) is 0 Å². The lowest BCUT2D eigenvalue weighted by Crippen LogP contribution is -2.60. The number of nitrogens with zero attached hydrogens (tertiary/aromatic N) is 1. The van der Waals surface area contributed by atoms with Crippen molar-refractivity contribution in [3.8, 4) is 0 Å². The zero-order valence-electron chi connectivity index (χ0n) is 19.4. The predicted octanol–water partition coefficient (Wildman–Crippen LogP) is 5.29. The first-order valence-electron chi connectivity index (χ1n) is 10.0. The summed E-state index contributed by atoms with van der Waals surface area (Å²) < 4.78 is 20.1. The Morgan fingerprint density at radius 3 is 1.56 bits per heavy atom. The van der Waals surface area contributed by atoms with Crippen molar-refractivity contribution in [2.24, 2.45) is 0 Å². The summed E-state index contributed by atoms with van der Waals surface area (Å²) in [5.41, 5.74) is 0. The molecule has 0 bridgehead atoms. The monoisotopic (exact) mass is 449 g/mol. The smallest absolute Gasteiger partial charge is 0.417 e. The second-order valence-electron chi connectivity index (χ2n) is 9.96. The van der Waals surface area contributed by atoms with Crippen LogP contribution in [0.5, 0.6) is 0 Å². The molecule has 0 heterocycles. The van der Waals surface area contributed by atoms with Crippen molar-refractivity contribution >= 4 is 39.7 Å². The van der Waals surface area contributed by atoms with Gasteiger partial charge >= 0.3 is 8.80 Å². The van der Waals surface area contributed by atoms with Gasteiger partial charge in [0.05, 0.1) is 0 Å². The van der Waals surface area contributed by atoms with Crippen LogP contribution in [0.15, 0.2) is 12.7 Å². The van der Waals surface area contributed by atoms with Crippen molar-refractivity contribution in [2.75, 3.05) is 13.1 Å². The van der Waals surface area contributed by atoms with Gasteiger partial charge in [-0.3, -0.25) is 4.79 Å². The summed E-state index contributed by atoms with van der Waals surface area (Å²) in [7, 11) is -8.38. The Hall–Kier alpha value is -0.0425. The molecule has 0 aliphatic carbocycles. The molecule has 0 fully saturated rings. The van der Waals surface area contributed by atoms with Crippen LogP contribution in [0, 0.1) is 0 Å². The van der Waals surface area contributed by atoms with Crippen LogP contribution in [0.4, 0.5) is 0 Å². The van der Waals surface area contributed by atoms with E-state index in [9.17, 15) is 4.79 Å². The first kappa shape index (κ1) is 27.0. The van der Waals surface area contributed by atoms with Crippen molar-refractivity contribution in [3.05, 3.63) is 12.7 Å². The molecule has 0 radical (unpaired) electrons. The summed E-state index contributed by atoms with van der Waals surface area (Å²) in [6.45, 7) is 26.9. The molecular weight excluding hydrogens is 407 g/mol. The van der Waals surface area contributed by atoms with E-state index in [0.717, 1.165) is 25.4 Å². The standard InChI is InChI=1S/C18H43NO4Si4/c1-12-15-19(18(20)13-2)16-14-17-27(21-24(3,4)5,22-25(6,7)8)23-26(9,10)11/h13H,2,12,14-17H2,1,3-11H3. The summed E-state index contributed by atoms with van der Waals surface area (Å²) in [6, 6.07) is 0.760. The van der Waals surface area contributed by atoms with Crippen LogP contribution in [-0.4, -0.2) is 57.7 Å². The van der Waals surface area contributed by atoms with Crippen LogP contribution >= 0.6 is 0 Å². The highest BCUT2D eigenvalue weighted by Gasteiger charge is 2.49. The molecule has 1 amide bonds. The van der Waals surface area contributed by atoms with Gasteiger partial charge in [0.1, 0.15) is 0 Å². The molecule has 9 heteroatoms. The van der Waals surface area contributed by atoms with Gasteiger partial charge in [-0.2, -0.15) is 0 Å². The van der Waals surface area contributed by atoms with Crippen LogP contribution in [0.25, 0.3) is 0 Å². The number of carbonyl (C=O) groups is 1. The summed E-state index contributed by atoms with van der Waals surface area (Å²) in [6.07, 6.45) is 3.16. The van der Waals surface area contributed by atoms with Crippen molar-refractivity contribution in [1.82, 2.24) is 4.90 Å². The Bertz CT molecular complexity index is 440. The van der Waals surface area contributed by atoms with E-state index in [2.05, 4.69) is 72.4 Å². The highest BCUT2D eigenvalue weighted by Crippen LogP contribution is 2.30. The van der Waals surface area contributed by atoms with Gasteiger partial charge in [0.2, 0.25) is 5.91 Å². The largest absolute Gasteiger partial charge is 0.469 e. The minimum atomic E-state index is -2.82. The average Bonchev–Trinajstić information content (AvgIpc) is 2.39. The van der Waals surface area contributed by atoms with E-state index in [1.165, 1.54) is 6.08 Å². The number of amides is 1. The van der Waals surface area contributed by atoms with Gasteiger partial charge in [0.25, 0.3) is 0 Å². The Morgan fingerprint density at radius 1 is 0.852 bits per heavy atom. The maximum atomic E-state index is 12.1. The Labute approximate surface area is 172 Å². The van der Waals surface area contributed by atoms with E-state index < -0.39 is 33.8 Å². The van der Waals surface area contributed by atoms with E-state index in [-0.39, 0.29) is 5.91 Å². The molecule has 5 nitrogen and oxygen atoms in total. The highest BCUT2D eigenvalue weighted by atomic mass is 28.5. The van der Waals surface area contributed by atoms with Gasteiger partial charge in [0, 0.05) is 19.1 Å². The van der Waals surface area contributed by atoms with Gasteiger partial charge in [0.15, 0.2) is 25.0 Å². The molecule has 0 saturated heterocycles. The molecule has 0 aliphatic heterocycles. The van der Waals surface area contributed by atoms with Gasteiger partial charge in [-0.25, -0.2) is 0 Å². The van der Waals surface area contributed by atoms with E-state index in [0.29, 0.717) is 6.54 Å². The lowest BCUT2D eigenvalue weighted by molar-refractivity contribution is -0.126. The fourth-order valence-corrected chi connectivity index (χ4v) is 17.5. The zero-order valence-corrected chi connectivity index (χ0v) is 23.4. The first-order valence-corrected chi connectivity index (χ1v) is 22.2. The van der Waals surface area contributed by atoms with Crippen LogP contribution in [0.2, 0.25) is 65.0 Å². The van der Waals surface area contributed by atoms with Gasteiger partial charge in [-0.05, 0) is 77.8 Å². The maximum absolute atomic E-state index is 12.1. The lowest BCUT2D eigenvalue weighted by Gasteiger charge is -2.43. The molecule has 0 aromatic carbocycles. The van der Waals surface area contributed by atoms with Crippen molar-refractivity contribution < 1.29 is 17.1 Å². The molecule has 0 aromatic rings. The van der Waals surface area contributed by atoms with Crippen molar-refractivity contribution in [1.29, 1.82) is 0 Å². The van der Waals surface area contributed by atoms with Gasteiger partial charge < -0.3 is 17.2 Å². The van der Waals surface area contributed by atoms with E-state index in [4.69, 9.17) is 12.3 Å². The fourth-order valence-electron chi connectivity index (χ4n) is 2.83. The molecule has 0 aromatic heterocycles. The number of hydrogen-bond donors (Lipinski definition) is 0. The normalized spacial score (nSPS) is 13.6. The second kappa shape index (κ2) is 10.7. The molecule has 0 aliphatic rings. The molecule has 0 unspecified atom stereocenters. The molecule has 27 heavy (non-hydrogen) atoms. The van der Waals surface area contributed by atoms with Crippen LogP contribution in [0.3, 0.4) is 0 Å². The predicted molar refractivity (Wildman–Crippen MR) is 126 cm³/mol. The Balaban J connectivity index is 5.52. The van der Waals surface area contributed by atoms with E-state index >= 15 is 0 Å². The minimum absolute atomic E-state index is 0.00698. The Kier molecular flexibility index (Phi) is 10.6. The van der Waals surface area contributed by atoms with Crippen LogP contribution < -0.4 is 0 Å². The summed E-state index contributed by atoms with van der Waals surface area (Å²) >= 11 is 0. The second-order valence-corrected chi connectivity index (χ2v) is 26.9. The van der Waals surface area contributed by atoms with E-state index in [1.807, 2.05) is 4.90 Å². The third-order valence-corrected chi connectivity index (χ3v) is 15.3. The molecule has 0 spiro atoms. The molecule has 0 saturated carbocycles. The van der Waals surface area contributed by atoms with Gasteiger partial charge in [-0.1, -0.05) is 13.5 Å². The lowest BCUT2D eigenvalue weighted by atomic mass is 10.3. The van der Waals surface area contributed by atoms with Crippen molar-refractivity contribution in [3.63, 3.8) is 0 Å². The molecular formula is C18H43NO4Si4. The molecule has 0 rings (SSSR count). The number of carbonyl (C=O) groups excluding carboxylic acids is 1. The third kappa shape index (κ3) is 12.9. The fraction of sp³-hybridized carbons (Fsp3) is 0.833. The van der Waals surface area contributed by atoms with Gasteiger partial charge in [-0.15, -0.1) is 0 Å². The summed E-state index contributed by atoms with van der Waals surface area (Å²) in [5.74, 6) is -0.00698. The first-order chi connectivity index (χ1) is 12.0. The van der Waals surface area contributed by atoms with Crippen LogP contribution in [-0.2, 0) is 17.1 Å². The molecule has 0 N–H and O–H groups in total. The maximum Gasteiger partial charge on any atom is 0.469 e. The number of rotatable bonds is 13. The topological polar surface area (TPSA) is 48.0 Å². The number of hydrogen-bond acceptors (Lipinski definition) is 4. The SMILES string of the molecule is C=CC(=O)N(CCC)CCC[Si](O[Si](C)(C)C)(O[Si](C)(C)C)O[Si](C)(C)C. The molecule has 160 valence electrons. The quantitative estimate of drug-likeness (QED) is 0.283. The zero-order chi connectivity index (χ0) is 21.5. The molecule has 0 atom stereocenters. The third-order valence-electron chi connectivity index (χ3n) is 3.28. The Morgan fingerprint density at radius 2 is 1.26 bits per heavy atom. The highest BCUT2D eigenvalue weighted by molar-refractivity contribution is 6.90. The average molecular weight is 450 g/mol. The van der Waals surface area contributed by atoms with Crippen LogP contribution in [0.1, 0.15) is 19.8 Å².